The Labute approximate surface area is 248 Å². The van der Waals surface area contributed by atoms with Gasteiger partial charge in [0.25, 0.3) is 0 Å². The van der Waals surface area contributed by atoms with Gasteiger partial charge in [-0.15, -0.1) is 0 Å². The minimum Gasteiger partial charge on any atom is -0.505 e. The molecule has 1 saturated carbocycles. The Morgan fingerprint density at radius 3 is 2.23 bits per heavy atom. The second-order valence-corrected chi connectivity index (χ2v) is 12.2. The third kappa shape index (κ3) is 3.78. The number of rotatable bonds is 4. The summed E-state index contributed by atoms with van der Waals surface area (Å²) in [6.07, 6.45) is 3.28. The first-order valence-electron chi connectivity index (χ1n) is 14.7. The van der Waals surface area contributed by atoms with Crippen molar-refractivity contribution in [3.63, 3.8) is 0 Å². The molecule has 4 aliphatic rings. The number of hydrogen-bond donors (Lipinski definition) is 1. The number of amides is 4. The van der Waals surface area contributed by atoms with E-state index >= 15 is 0 Å². The first-order valence-corrected chi connectivity index (χ1v) is 14.7. The van der Waals surface area contributed by atoms with E-state index in [1.165, 1.54) is 21.9 Å². The molecule has 0 bridgehead atoms. The smallest absolute Gasteiger partial charge is 0.241 e. The van der Waals surface area contributed by atoms with Crippen molar-refractivity contribution < 1.29 is 28.7 Å². The maximum absolute atomic E-state index is 14.8. The highest BCUT2D eigenvalue weighted by Crippen LogP contribution is 2.63. The van der Waals surface area contributed by atoms with E-state index < -0.39 is 46.6 Å². The van der Waals surface area contributed by atoms with Crippen LogP contribution in [0.2, 0.25) is 0 Å². The van der Waals surface area contributed by atoms with Crippen LogP contribution in [-0.2, 0) is 25.6 Å². The van der Waals surface area contributed by atoms with E-state index in [4.69, 9.17) is 0 Å². The molecule has 2 aliphatic carbocycles. The van der Waals surface area contributed by atoms with Gasteiger partial charge in [0.15, 0.2) is 11.6 Å². The van der Waals surface area contributed by atoms with E-state index in [0.29, 0.717) is 23.4 Å². The zero-order chi connectivity index (χ0) is 30.2. The average molecular weight is 579 g/mol. The number of phenolic OH excluding ortho intramolecular Hbond substituents is 1. The molecular formula is C35H31FN2O5. The van der Waals surface area contributed by atoms with Gasteiger partial charge < -0.3 is 5.11 Å². The normalized spacial score (nSPS) is 29.8. The van der Waals surface area contributed by atoms with Gasteiger partial charge in [0, 0.05) is 5.92 Å². The minimum atomic E-state index is -1.27. The first kappa shape index (κ1) is 27.3. The van der Waals surface area contributed by atoms with Crippen LogP contribution in [0.4, 0.5) is 15.8 Å². The van der Waals surface area contributed by atoms with Crippen LogP contribution in [-0.4, -0.2) is 28.7 Å². The molecule has 0 spiro atoms. The Balaban J connectivity index is 1.35. The Morgan fingerprint density at radius 2 is 1.56 bits per heavy atom. The standard InChI is InChI=1S/C35H31FN2O5/c1-3-19-9-12-22(13-10-19)37-31(40)24-15-14-23-25(29(24)33(37)42)18-26-32(41)38(21-7-5-4-6-8-21)34(43)35(26,2)30(23)20-11-16-28(39)27(36)17-20/h4-14,16-17,24-26,29-30,39H,3,15,18H2,1-2H3. The topological polar surface area (TPSA) is 95.0 Å². The summed E-state index contributed by atoms with van der Waals surface area (Å²) in [7, 11) is 0. The summed E-state index contributed by atoms with van der Waals surface area (Å²) in [5, 5.41) is 9.96. The molecule has 8 heteroatoms. The quantitative estimate of drug-likeness (QED) is 0.325. The maximum Gasteiger partial charge on any atom is 0.241 e. The Bertz CT molecular complexity index is 1720. The molecular weight excluding hydrogens is 547 g/mol. The van der Waals surface area contributed by atoms with E-state index in [9.17, 15) is 28.7 Å². The predicted octanol–water partition coefficient (Wildman–Crippen LogP) is 5.53. The molecule has 2 heterocycles. The van der Waals surface area contributed by atoms with Crippen LogP contribution in [0, 0.1) is 34.9 Å². The molecule has 1 N–H and O–H groups in total. The summed E-state index contributed by atoms with van der Waals surface area (Å²) in [5.74, 6) is -6.03. The number of carbonyl (C=O) groups is 4. The molecule has 4 amide bonds. The lowest BCUT2D eigenvalue weighted by atomic mass is 9.51. The Hall–Kier alpha value is -4.59. The van der Waals surface area contributed by atoms with Crippen molar-refractivity contribution >= 4 is 35.0 Å². The van der Waals surface area contributed by atoms with Crippen molar-refractivity contribution in [2.45, 2.75) is 39.0 Å². The van der Waals surface area contributed by atoms with Crippen molar-refractivity contribution in [3.8, 4) is 5.75 Å². The van der Waals surface area contributed by atoms with Gasteiger partial charge in [0.05, 0.1) is 34.5 Å². The number of nitrogens with zero attached hydrogens (tertiary/aromatic N) is 2. The first-order chi connectivity index (χ1) is 20.7. The van der Waals surface area contributed by atoms with Crippen LogP contribution < -0.4 is 9.80 Å². The van der Waals surface area contributed by atoms with Gasteiger partial charge in [-0.25, -0.2) is 9.29 Å². The molecule has 43 heavy (non-hydrogen) atoms. The van der Waals surface area contributed by atoms with Gasteiger partial charge in [0.2, 0.25) is 23.6 Å². The summed E-state index contributed by atoms with van der Waals surface area (Å²) in [5.41, 5.74) is 2.00. The van der Waals surface area contributed by atoms with Gasteiger partial charge in [-0.2, -0.15) is 0 Å². The van der Waals surface area contributed by atoms with Gasteiger partial charge in [-0.3, -0.25) is 24.1 Å². The maximum atomic E-state index is 14.8. The Kier molecular flexibility index (Phi) is 6.16. The largest absolute Gasteiger partial charge is 0.505 e. The molecule has 3 aromatic rings. The summed E-state index contributed by atoms with van der Waals surface area (Å²) < 4.78 is 14.8. The lowest BCUT2D eigenvalue weighted by Crippen LogP contribution is -2.48. The summed E-state index contributed by atoms with van der Waals surface area (Å²) >= 11 is 0. The highest BCUT2D eigenvalue weighted by molar-refractivity contribution is 6.25. The number of anilines is 2. The van der Waals surface area contributed by atoms with E-state index in [1.54, 1.807) is 55.5 Å². The monoisotopic (exact) mass is 578 g/mol. The van der Waals surface area contributed by atoms with E-state index in [1.807, 2.05) is 25.1 Å². The van der Waals surface area contributed by atoms with E-state index in [0.717, 1.165) is 17.6 Å². The number of phenols is 1. The van der Waals surface area contributed by atoms with Crippen LogP contribution in [0.5, 0.6) is 5.75 Å². The molecule has 3 fully saturated rings. The minimum absolute atomic E-state index is 0.218. The fraction of sp³-hybridized carbons (Fsp3) is 0.314. The number of fused-ring (bicyclic) bond motifs is 4. The molecule has 6 unspecified atom stereocenters. The fourth-order valence-electron chi connectivity index (χ4n) is 8.06. The summed E-state index contributed by atoms with van der Waals surface area (Å²) in [6.45, 7) is 3.78. The number of imide groups is 2. The number of benzene rings is 3. The van der Waals surface area contributed by atoms with Crippen molar-refractivity contribution in [1.29, 1.82) is 0 Å². The van der Waals surface area contributed by atoms with Gasteiger partial charge in [0.1, 0.15) is 0 Å². The second kappa shape index (κ2) is 9.73. The summed E-state index contributed by atoms with van der Waals surface area (Å²) in [6, 6.07) is 20.1. The third-order valence-electron chi connectivity index (χ3n) is 10.2. The molecule has 0 radical (unpaired) electrons. The van der Waals surface area contributed by atoms with Gasteiger partial charge >= 0.3 is 0 Å². The molecule has 7 rings (SSSR count). The number of allylic oxidation sites excluding steroid dienone is 2. The molecule has 0 aromatic heterocycles. The number of hydrogen-bond acceptors (Lipinski definition) is 5. The number of carbonyl (C=O) groups excluding carboxylic acids is 4. The van der Waals surface area contributed by atoms with Crippen LogP contribution in [0.15, 0.2) is 84.4 Å². The number of para-hydroxylation sites is 1. The molecule has 7 nitrogen and oxygen atoms in total. The molecule has 218 valence electrons. The predicted molar refractivity (Wildman–Crippen MR) is 157 cm³/mol. The van der Waals surface area contributed by atoms with Crippen LogP contribution in [0.25, 0.3) is 0 Å². The number of aromatic hydroxyl groups is 1. The zero-order valence-corrected chi connectivity index (χ0v) is 23.9. The summed E-state index contributed by atoms with van der Waals surface area (Å²) in [4.78, 5) is 58.8. The number of halogens is 1. The van der Waals surface area contributed by atoms with E-state index in [-0.39, 0.29) is 30.0 Å². The van der Waals surface area contributed by atoms with Gasteiger partial charge in [-0.05, 0) is 79.6 Å². The highest BCUT2D eigenvalue weighted by atomic mass is 19.1. The molecule has 6 atom stereocenters. The average Bonchev–Trinajstić information content (AvgIpc) is 3.38. The lowest BCUT2D eigenvalue weighted by Gasteiger charge is -2.49. The van der Waals surface area contributed by atoms with Crippen molar-refractivity contribution in [2.24, 2.45) is 29.1 Å². The highest BCUT2D eigenvalue weighted by Gasteiger charge is 2.67. The zero-order valence-electron chi connectivity index (χ0n) is 23.9. The SMILES string of the molecule is CCc1ccc(N2C(=O)C3CC=C4C(CC5C(=O)N(c6ccccc6)C(=O)C5(C)C4c4ccc(O)c(F)c4)C3C2=O)cc1. The van der Waals surface area contributed by atoms with Crippen LogP contribution in [0.1, 0.15) is 43.7 Å². The third-order valence-corrected chi connectivity index (χ3v) is 10.2. The van der Waals surface area contributed by atoms with Crippen molar-refractivity contribution in [2.75, 3.05) is 9.80 Å². The van der Waals surface area contributed by atoms with Crippen LogP contribution in [0.3, 0.4) is 0 Å². The Morgan fingerprint density at radius 1 is 0.860 bits per heavy atom. The number of aryl methyl sites for hydroxylation is 1. The second-order valence-electron chi connectivity index (χ2n) is 12.2. The van der Waals surface area contributed by atoms with Crippen molar-refractivity contribution in [1.82, 2.24) is 0 Å². The van der Waals surface area contributed by atoms with Crippen LogP contribution >= 0.6 is 0 Å². The fourth-order valence-corrected chi connectivity index (χ4v) is 8.06. The molecule has 3 aromatic carbocycles. The molecule has 2 saturated heterocycles. The van der Waals surface area contributed by atoms with E-state index in [2.05, 4.69) is 0 Å². The molecule has 2 aliphatic heterocycles. The lowest BCUT2D eigenvalue weighted by molar-refractivity contribution is -0.131. The van der Waals surface area contributed by atoms with Crippen molar-refractivity contribution in [3.05, 3.63) is 101 Å². The van der Waals surface area contributed by atoms with Gasteiger partial charge in [-0.1, -0.05) is 55.0 Å².